The molecule has 3 nitrogen and oxygen atoms in total. The lowest BCUT2D eigenvalue weighted by molar-refractivity contribution is -0.0260. The highest BCUT2D eigenvalue weighted by molar-refractivity contribution is 5.88. The van der Waals surface area contributed by atoms with Crippen LogP contribution in [0.5, 0.6) is 0 Å². The minimum atomic E-state index is -0.911. The van der Waals surface area contributed by atoms with Crippen LogP contribution in [-0.2, 0) is 12.0 Å². The SMILES string of the molecule is CC(C)[C@@]1(O)CCCc2cc(C(=O)O)ccc21. The normalized spacial score (nSPS) is 23.5. The summed E-state index contributed by atoms with van der Waals surface area (Å²) in [6, 6.07) is 5.06. The van der Waals surface area contributed by atoms with Crippen molar-refractivity contribution in [2.75, 3.05) is 0 Å². The van der Waals surface area contributed by atoms with Gasteiger partial charge in [0.1, 0.15) is 0 Å². The molecule has 0 saturated carbocycles. The van der Waals surface area contributed by atoms with Gasteiger partial charge in [0.05, 0.1) is 11.2 Å². The number of carboxylic acids is 1. The van der Waals surface area contributed by atoms with Gasteiger partial charge in [-0.05, 0) is 48.4 Å². The molecule has 2 rings (SSSR count). The van der Waals surface area contributed by atoms with E-state index < -0.39 is 11.6 Å². The Bertz CT molecular complexity index is 451. The topological polar surface area (TPSA) is 57.5 Å². The fraction of sp³-hybridized carbons (Fsp3) is 0.500. The Morgan fingerprint density at radius 2 is 2.12 bits per heavy atom. The quantitative estimate of drug-likeness (QED) is 0.826. The predicted octanol–water partition coefficient (Wildman–Crippen LogP) is 2.56. The fourth-order valence-corrected chi connectivity index (χ4v) is 2.64. The summed E-state index contributed by atoms with van der Waals surface area (Å²) >= 11 is 0. The zero-order valence-electron chi connectivity index (χ0n) is 10.2. The van der Waals surface area contributed by atoms with Gasteiger partial charge in [-0.1, -0.05) is 19.9 Å². The van der Waals surface area contributed by atoms with Crippen LogP contribution in [0.25, 0.3) is 0 Å². The summed E-state index contributed by atoms with van der Waals surface area (Å²) in [6.07, 6.45) is 2.51. The first-order valence-corrected chi connectivity index (χ1v) is 6.04. The highest BCUT2D eigenvalue weighted by Crippen LogP contribution is 2.40. The third kappa shape index (κ3) is 1.95. The molecule has 0 bridgehead atoms. The number of aromatic carboxylic acids is 1. The first-order valence-electron chi connectivity index (χ1n) is 6.04. The molecule has 1 aliphatic rings. The minimum absolute atomic E-state index is 0.136. The molecule has 1 atom stereocenters. The Labute approximate surface area is 101 Å². The number of rotatable bonds is 2. The molecule has 3 heteroatoms. The van der Waals surface area contributed by atoms with E-state index in [9.17, 15) is 9.90 Å². The minimum Gasteiger partial charge on any atom is -0.478 e. The van der Waals surface area contributed by atoms with Gasteiger partial charge in [0.2, 0.25) is 0 Å². The maximum Gasteiger partial charge on any atom is 0.335 e. The molecular weight excluding hydrogens is 216 g/mol. The highest BCUT2D eigenvalue weighted by Gasteiger charge is 2.37. The van der Waals surface area contributed by atoms with Crippen LogP contribution in [0.2, 0.25) is 0 Å². The summed E-state index contributed by atoms with van der Waals surface area (Å²) < 4.78 is 0. The van der Waals surface area contributed by atoms with E-state index in [2.05, 4.69) is 0 Å². The Kier molecular flexibility index (Phi) is 2.96. The van der Waals surface area contributed by atoms with Crippen molar-refractivity contribution in [1.82, 2.24) is 0 Å². The molecule has 0 saturated heterocycles. The van der Waals surface area contributed by atoms with Crippen molar-refractivity contribution in [3.05, 3.63) is 34.9 Å². The van der Waals surface area contributed by atoms with E-state index in [1.807, 2.05) is 13.8 Å². The second-order valence-corrected chi connectivity index (χ2v) is 5.11. The Hall–Kier alpha value is -1.35. The van der Waals surface area contributed by atoms with Gasteiger partial charge < -0.3 is 10.2 Å². The second kappa shape index (κ2) is 4.15. The smallest absolute Gasteiger partial charge is 0.335 e. The van der Waals surface area contributed by atoms with Crippen LogP contribution in [0.15, 0.2) is 18.2 Å². The van der Waals surface area contributed by atoms with Crippen LogP contribution in [0.4, 0.5) is 0 Å². The monoisotopic (exact) mass is 234 g/mol. The molecule has 0 fully saturated rings. The van der Waals surface area contributed by atoms with Gasteiger partial charge in [0.25, 0.3) is 0 Å². The van der Waals surface area contributed by atoms with Crippen molar-refractivity contribution in [3.63, 3.8) is 0 Å². The van der Waals surface area contributed by atoms with Crippen LogP contribution >= 0.6 is 0 Å². The van der Waals surface area contributed by atoms with Crippen molar-refractivity contribution in [1.29, 1.82) is 0 Å². The van der Waals surface area contributed by atoms with Crippen molar-refractivity contribution in [3.8, 4) is 0 Å². The highest BCUT2D eigenvalue weighted by atomic mass is 16.4. The number of hydrogen-bond donors (Lipinski definition) is 2. The maximum atomic E-state index is 10.9. The Morgan fingerprint density at radius 3 is 2.71 bits per heavy atom. The van der Waals surface area contributed by atoms with Gasteiger partial charge in [-0.15, -0.1) is 0 Å². The first-order chi connectivity index (χ1) is 7.95. The van der Waals surface area contributed by atoms with E-state index in [1.54, 1.807) is 18.2 Å². The number of aryl methyl sites for hydroxylation is 1. The molecule has 1 aromatic rings. The molecule has 0 aromatic heterocycles. The molecule has 1 aliphatic carbocycles. The fourth-order valence-electron chi connectivity index (χ4n) is 2.64. The van der Waals surface area contributed by atoms with Crippen LogP contribution in [0.3, 0.4) is 0 Å². The number of benzene rings is 1. The summed E-state index contributed by atoms with van der Waals surface area (Å²) in [5.41, 5.74) is 1.39. The summed E-state index contributed by atoms with van der Waals surface area (Å²) in [5, 5.41) is 19.6. The van der Waals surface area contributed by atoms with E-state index in [0.29, 0.717) is 5.56 Å². The molecule has 0 unspecified atom stereocenters. The van der Waals surface area contributed by atoms with Gasteiger partial charge in [0, 0.05) is 0 Å². The lowest BCUT2D eigenvalue weighted by Gasteiger charge is -2.38. The summed E-state index contributed by atoms with van der Waals surface area (Å²) in [5.74, 6) is -0.774. The molecule has 0 radical (unpaired) electrons. The van der Waals surface area contributed by atoms with Gasteiger partial charge in [-0.2, -0.15) is 0 Å². The molecule has 0 heterocycles. The molecule has 0 amide bonds. The van der Waals surface area contributed by atoms with E-state index in [4.69, 9.17) is 5.11 Å². The molecule has 17 heavy (non-hydrogen) atoms. The summed E-state index contributed by atoms with van der Waals surface area (Å²) in [4.78, 5) is 10.9. The Balaban J connectivity index is 2.51. The molecule has 92 valence electrons. The maximum absolute atomic E-state index is 10.9. The van der Waals surface area contributed by atoms with Crippen LogP contribution < -0.4 is 0 Å². The largest absolute Gasteiger partial charge is 0.478 e. The molecule has 1 aromatic carbocycles. The third-order valence-electron chi connectivity index (χ3n) is 3.78. The van der Waals surface area contributed by atoms with Crippen molar-refractivity contribution in [2.24, 2.45) is 5.92 Å². The van der Waals surface area contributed by atoms with Crippen molar-refractivity contribution in [2.45, 2.75) is 38.7 Å². The van der Waals surface area contributed by atoms with Crippen molar-refractivity contribution < 1.29 is 15.0 Å². The third-order valence-corrected chi connectivity index (χ3v) is 3.78. The number of fused-ring (bicyclic) bond motifs is 1. The molecule has 2 N–H and O–H groups in total. The Morgan fingerprint density at radius 1 is 1.41 bits per heavy atom. The van der Waals surface area contributed by atoms with Crippen LogP contribution in [-0.4, -0.2) is 16.2 Å². The number of carbonyl (C=O) groups is 1. The first kappa shape index (κ1) is 12.1. The molecule has 0 spiro atoms. The standard InChI is InChI=1S/C14H18O3/c1-9(2)14(17)7-3-4-10-8-11(13(15)16)5-6-12(10)14/h5-6,8-9,17H,3-4,7H2,1-2H3,(H,15,16)/t14-/m0/s1. The van der Waals surface area contributed by atoms with Crippen LogP contribution in [0.1, 0.15) is 48.2 Å². The number of aliphatic hydroxyl groups is 1. The van der Waals surface area contributed by atoms with Gasteiger partial charge in [-0.25, -0.2) is 4.79 Å². The second-order valence-electron chi connectivity index (χ2n) is 5.11. The number of carboxylic acid groups (broad SMARTS) is 1. The van der Waals surface area contributed by atoms with Crippen LogP contribution in [0, 0.1) is 5.92 Å². The van der Waals surface area contributed by atoms with E-state index in [-0.39, 0.29) is 5.92 Å². The van der Waals surface area contributed by atoms with Gasteiger partial charge >= 0.3 is 5.97 Å². The van der Waals surface area contributed by atoms with Crippen molar-refractivity contribution >= 4 is 5.97 Å². The lowest BCUT2D eigenvalue weighted by atomic mass is 9.73. The average Bonchev–Trinajstić information content (AvgIpc) is 2.28. The van der Waals surface area contributed by atoms with E-state index >= 15 is 0 Å². The van der Waals surface area contributed by atoms with E-state index in [0.717, 1.165) is 30.4 Å². The van der Waals surface area contributed by atoms with Gasteiger partial charge in [0.15, 0.2) is 0 Å². The average molecular weight is 234 g/mol. The molecule has 0 aliphatic heterocycles. The summed E-state index contributed by atoms with van der Waals surface area (Å²) in [6.45, 7) is 4.00. The van der Waals surface area contributed by atoms with E-state index in [1.165, 1.54) is 0 Å². The number of hydrogen-bond acceptors (Lipinski definition) is 2. The summed E-state index contributed by atoms with van der Waals surface area (Å²) in [7, 11) is 0. The predicted molar refractivity (Wildman–Crippen MR) is 65.1 cm³/mol. The lowest BCUT2D eigenvalue weighted by Crippen LogP contribution is -2.36. The zero-order valence-corrected chi connectivity index (χ0v) is 10.2. The van der Waals surface area contributed by atoms with Gasteiger partial charge in [-0.3, -0.25) is 0 Å². The molecular formula is C14H18O3. The zero-order chi connectivity index (χ0) is 12.6.